The van der Waals surface area contributed by atoms with E-state index in [0.29, 0.717) is 27.5 Å². The number of carbonyl (C=O) groups is 1. The summed E-state index contributed by atoms with van der Waals surface area (Å²) in [4.78, 5) is 12.4. The van der Waals surface area contributed by atoms with Crippen molar-refractivity contribution in [2.24, 2.45) is 0 Å². The molecule has 2 aromatic carbocycles. The van der Waals surface area contributed by atoms with Crippen LogP contribution in [0, 0.1) is 0 Å². The number of hydrogen-bond donors (Lipinski definition) is 2. The van der Waals surface area contributed by atoms with Gasteiger partial charge in [-0.1, -0.05) is 67.5 Å². The highest BCUT2D eigenvalue weighted by Crippen LogP contribution is 2.29. The summed E-state index contributed by atoms with van der Waals surface area (Å²) in [5.74, 6) is 6.98. The van der Waals surface area contributed by atoms with Gasteiger partial charge in [-0.2, -0.15) is 0 Å². The maximum Gasteiger partial charge on any atom is 0.234 e. The molecule has 0 aliphatic rings. The molecule has 0 saturated carbocycles. The average molecular weight is 416 g/mol. The predicted octanol–water partition coefficient (Wildman–Crippen LogP) is 4.56. The molecular formula is C20H22ClN5OS. The fraction of sp³-hybridized carbons (Fsp3) is 0.250. The molecule has 1 atom stereocenters. The van der Waals surface area contributed by atoms with Crippen molar-refractivity contribution in [3.8, 4) is 11.4 Å². The van der Waals surface area contributed by atoms with Gasteiger partial charge in [0.1, 0.15) is 0 Å². The zero-order valence-corrected chi connectivity index (χ0v) is 17.3. The molecule has 0 unspecified atom stereocenters. The van der Waals surface area contributed by atoms with Gasteiger partial charge in [0.05, 0.1) is 10.8 Å². The van der Waals surface area contributed by atoms with E-state index in [2.05, 4.69) is 29.4 Å². The highest BCUT2D eigenvalue weighted by atomic mass is 35.5. The number of nitrogens with zero attached hydrogens (tertiary/aromatic N) is 3. The van der Waals surface area contributed by atoms with Crippen LogP contribution in [0.5, 0.6) is 0 Å². The Morgan fingerprint density at radius 1 is 1.21 bits per heavy atom. The number of carbonyl (C=O) groups excluding carboxylic acids is 1. The number of aromatic nitrogens is 3. The number of hydrogen-bond acceptors (Lipinski definition) is 5. The number of nitrogens with two attached hydrogens (primary N) is 1. The average Bonchev–Trinajstić information content (AvgIpc) is 3.07. The Hall–Kier alpha value is -2.51. The summed E-state index contributed by atoms with van der Waals surface area (Å²) in [6.07, 6.45) is 1.00. The Kier molecular flexibility index (Phi) is 6.59. The summed E-state index contributed by atoms with van der Waals surface area (Å²) in [5.41, 5.74) is 2.66. The molecule has 28 heavy (non-hydrogen) atoms. The molecular weight excluding hydrogens is 394 g/mol. The van der Waals surface area contributed by atoms with Gasteiger partial charge < -0.3 is 11.2 Å². The lowest BCUT2D eigenvalue weighted by Crippen LogP contribution is -2.17. The Morgan fingerprint density at radius 3 is 2.68 bits per heavy atom. The molecule has 0 aliphatic carbocycles. The minimum absolute atomic E-state index is 0.122. The SMILES string of the molecule is CC[C@@H](C)c1ccccc1NC(=O)CSc1nnc(-c2ccccc2Cl)n1N. The topological polar surface area (TPSA) is 85.8 Å². The number of nitrogen functional groups attached to an aromatic ring is 1. The van der Waals surface area contributed by atoms with Crippen molar-refractivity contribution in [3.05, 3.63) is 59.1 Å². The van der Waals surface area contributed by atoms with E-state index in [1.807, 2.05) is 42.5 Å². The maximum absolute atomic E-state index is 12.4. The zero-order chi connectivity index (χ0) is 20.1. The molecule has 0 radical (unpaired) electrons. The second-order valence-electron chi connectivity index (χ2n) is 6.39. The minimum atomic E-state index is -0.122. The van der Waals surface area contributed by atoms with Gasteiger partial charge >= 0.3 is 0 Å². The van der Waals surface area contributed by atoms with Crippen LogP contribution in [0.1, 0.15) is 31.7 Å². The van der Waals surface area contributed by atoms with Gasteiger partial charge in [0, 0.05) is 11.3 Å². The second-order valence-corrected chi connectivity index (χ2v) is 7.74. The van der Waals surface area contributed by atoms with E-state index in [0.717, 1.165) is 17.7 Å². The lowest BCUT2D eigenvalue weighted by Gasteiger charge is -2.15. The molecule has 0 saturated heterocycles. The zero-order valence-electron chi connectivity index (χ0n) is 15.7. The Labute approximate surface area is 173 Å². The molecule has 0 fully saturated rings. The van der Waals surface area contributed by atoms with E-state index < -0.39 is 0 Å². The molecule has 6 nitrogen and oxygen atoms in total. The van der Waals surface area contributed by atoms with Gasteiger partial charge in [-0.15, -0.1) is 10.2 Å². The molecule has 1 aromatic heterocycles. The minimum Gasteiger partial charge on any atom is -0.335 e. The number of amides is 1. The number of nitrogens with one attached hydrogen (secondary N) is 1. The first kappa shape index (κ1) is 20.2. The van der Waals surface area contributed by atoms with Crippen LogP contribution in [0.2, 0.25) is 5.02 Å². The van der Waals surface area contributed by atoms with Crippen LogP contribution in [0.15, 0.2) is 53.7 Å². The monoisotopic (exact) mass is 415 g/mol. The molecule has 8 heteroatoms. The van der Waals surface area contributed by atoms with Crippen molar-refractivity contribution in [1.82, 2.24) is 14.9 Å². The molecule has 3 aromatic rings. The fourth-order valence-electron chi connectivity index (χ4n) is 2.78. The molecule has 0 spiro atoms. The Morgan fingerprint density at radius 2 is 1.93 bits per heavy atom. The summed E-state index contributed by atoms with van der Waals surface area (Å²) in [6.45, 7) is 4.27. The van der Waals surface area contributed by atoms with E-state index in [1.165, 1.54) is 16.4 Å². The van der Waals surface area contributed by atoms with E-state index >= 15 is 0 Å². The van der Waals surface area contributed by atoms with Crippen molar-refractivity contribution < 1.29 is 4.79 Å². The van der Waals surface area contributed by atoms with Gasteiger partial charge in [0.25, 0.3) is 0 Å². The van der Waals surface area contributed by atoms with Gasteiger partial charge in [0.2, 0.25) is 11.1 Å². The number of rotatable bonds is 7. The number of anilines is 1. The summed E-state index contributed by atoms with van der Waals surface area (Å²) in [7, 11) is 0. The molecule has 1 heterocycles. The van der Waals surface area contributed by atoms with E-state index in [-0.39, 0.29) is 11.7 Å². The van der Waals surface area contributed by atoms with E-state index in [9.17, 15) is 4.79 Å². The number of halogens is 1. The van der Waals surface area contributed by atoms with Crippen LogP contribution in [-0.4, -0.2) is 26.5 Å². The summed E-state index contributed by atoms with van der Waals surface area (Å²) in [5, 5.41) is 12.2. The molecule has 3 rings (SSSR count). The standard InChI is InChI=1S/C20H22ClN5OS/c1-3-13(2)14-8-5-7-11-17(14)23-18(27)12-28-20-25-24-19(26(20)22)15-9-4-6-10-16(15)21/h4-11,13H,3,12,22H2,1-2H3,(H,23,27)/t13-/m1/s1. The third-order valence-electron chi connectivity index (χ3n) is 4.49. The molecule has 1 amide bonds. The van der Waals surface area contributed by atoms with Crippen molar-refractivity contribution in [1.29, 1.82) is 0 Å². The molecule has 146 valence electrons. The van der Waals surface area contributed by atoms with Crippen molar-refractivity contribution >= 4 is 35.0 Å². The van der Waals surface area contributed by atoms with Crippen LogP contribution >= 0.6 is 23.4 Å². The summed E-state index contributed by atoms with van der Waals surface area (Å²) >= 11 is 7.43. The first-order valence-corrected chi connectivity index (χ1v) is 10.3. The third kappa shape index (κ3) is 4.48. The first-order chi connectivity index (χ1) is 13.5. The smallest absolute Gasteiger partial charge is 0.234 e. The maximum atomic E-state index is 12.4. The van der Waals surface area contributed by atoms with Crippen LogP contribution < -0.4 is 11.2 Å². The van der Waals surface area contributed by atoms with Crippen molar-refractivity contribution in [3.63, 3.8) is 0 Å². The normalized spacial score (nSPS) is 12.0. The first-order valence-electron chi connectivity index (χ1n) is 8.98. The number of thioether (sulfide) groups is 1. The molecule has 0 bridgehead atoms. The Balaban J connectivity index is 1.67. The Bertz CT molecular complexity index is 975. The second kappa shape index (κ2) is 9.12. The van der Waals surface area contributed by atoms with Gasteiger partial charge in [-0.05, 0) is 36.1 Å². The summed E-state index contributed by atoms with van der Waals surface area (Å²) < 4.78 is 1.35. The van der Waals surface area contributed by atoms with Crippen molar-refractivity contribution in [2.75, 3.05) is 16.9 Å². The van der Waals surface area contributed by atoms with Gasteiger partial charge in [-0.3, -0.25) is 4.79 Å². The number of para-hydroxylation sites is 1. The third-order valence-corrected chi connectivity index (χ3v) is 5.76. The predicted molar refractivity (Wildman–Crippen MR) is 115 cm³/mol. The largest absolute Gasteiger partial charge is 0.335 e. The lowest BCUT2D eigenvalue weighted by atomic mass is 9.97. The number of benzene rings is 2. The van der Waals surface area contributed by atoms with Crippen LogP contribution in [0.25, 0.3) is 11.4 Å². The van der Waals surface area contributed by atoms with Crippen LogP contribution in [-0.2, 0) is 4.79 Å². The highest BCUT2D eigenvalue weighted by molar-refractivity contribution is 7.99. The van der Waals surface area contributed by atoms with Gasteiger partial charge in [0.15, 0.2) is 5.82 Å². The fourth-order valence-corrected chi connectivity index (χ4v) is 3.66. The molecule has 3 N–H and O–H groups in total. The van der Waals surface area contributed by atoms with E-state index in [4.69, 9.17) is 17.4 Å². The highest BCUT2D eigenvalue weighted by Gasteiger charge is 2.16. The van der Waals surface area contributed by atoms with E-state index in [1.54, 1.807) is 6.07 Å². The lowest BCUT2D eigenvalue weighted by molar-refractivity contribution is -0.113. The van der Waals surface area contributed by atoms with Crippen LogP contribution in [0.3, 0.4) is 0 Å². The van der Waals surface area contributed by atoms with Crippen molar-refractivity contribution in [2.45, 2.75) is 31.3 Å². The molecule has 0 aliphatic heterocycles. The summed E-state index contributed by atoms with van der Waals surface area (Å²) in [6, 6.07) is 15.1. The van der Waals surface area contributed by atoms with Gasteiger partial charge in [-0.25, -0.2) is 4.68 Å². The van der Waals surface area contributed by atoms with Crippen LogP contribution in [0.4, 0.5) is 5.69 Å². The quantitative estimate of drug-likeness (QED) is 0.436.